The van der Waals surface area contributed by atoms with Gasteiger partial charge in [0.05, 0.1) is 7.11 Å². The molecule has 3 nitrogen and oxygen atoms in total. The zero-order valence-corrected chi connectivity index (χ0v) is 12.6. The minimum absolute atomic E-state index is 0.176. The van der Waals surface area contributed by atoms with Crippen LogP contribution in [0.5, 0.6) is 5.75 Å². The Morgan fingerprint density at radius 2 is 2.24 bits per heavy atom. The molecule has 1 aliphatic rings. The number of halogens is 2. The van der Waals surface area contributed by atoms with E-state index in [0.29, 0.717) is 12.3 Å². The number of amides is 1. The Kier molecular flexibility index (Phi) is 4.09. The zero-order chi connectivity index (χ0) is 12.4. The molecule has 2 rings (SSSR count). The third kappa shape index (κ3) is 2.83. The van der Waals surface area contributed by atoms with Gasteiger partial charge in [-0.05, 0) is 18.1 Å². The van der Waals surface area contributed by atoms with E-state index in [9.17, 15) is 4.79 Å². The van der Waals surface area contributed by atoms with Gasteiger partial charge >= 0.3 is 0 Å². The Bertz CT molecular complexity index is 437. The van der Waals surface area contributed by atoms with E-state index in [0.717, 1.165) is 27.8 Å². The van der Waals surface area contributed by atoms with Crippen LogP contribution in [0.1, 0.15) is 6.42 Å². The highest BCUT2D eigenvalue weighted by molar-refractivity contribution is 9.10. The number of ether oxygens (including phenoxy) is 1. The zero-order valence-electron chi connectivity index (χ0n) is 9.45. The second-order valence-electron chi connectivity index (χ2n) is 4.08. The van der Waals surface area contributed by atoms with E-state index >= 15 is 0 Å². The first-order chi connectivity index (χ1) is 8.13. The molecular weight excluding hydrogens is 350 g/mol. The maximum Gasteiger partial charge on any atom is 0.227 e. The lowest BCUT2D eigenvalue weighted by Gasteiger charge is -2.17. The molecule has 0 spiro atoms. The number of nitrogens with zero attached hydrogens (tertiary/aromatic N) is 1. The number of anilines is 1. The summed E-state index contributed by atoms with van der Waals surface area (Å²) in [5.41, 5.74) is 0.893. The lowest BCUT2D eigenvalue weighted by molar-refractivity contribution is -0.117. The van der Waals surface area contributed by atoms with Gasteiger partial charge in [-0.1, -0.05) is 31.9 Å². The van der Waals surface area contributed by atoms with E-state index in [2.05, 4.69) is 31.9 Å². The summed E-state index contributed by atoms with van der Waals surface area (Å²) >= 11 is 6.86. The molecule has 0 aliphatic carbocycles. The van der Waals surface area contributed by atoms with Crippen LogP contribution in [0.25, 0.3) is 0 Å². The predicted molar refractivity (Wildman–Crippen MR) is 74.9 cm³/mol. The maximum absolute atomic E-state index is 11.9. The van der Waals surface area contributed by atoms with Crippen LogP contribution >= 0.6 is 31.9 Å². The molecule has 1 heterocycles. The number of methoxy groups -OCH3 is 1. The smallest absolute Gasteiger partial charge is 0.227 e. The van der Waals surface area contributed by atoms with Gasteiger partial charge in [0.1, 0.15) is 5.75 Å². The van der Waals surface area contributed by atoms with Crippen LogP contribution in [-0.2, 0) is 4.79 Å². The molecule has 1 aromatic carbocycles. The third-order valence-corrected chi connectivity index (χ3v) is 4.20. The number of carbonyl (C=O) groups excluding carboxylic acids is 1. The van der Waals surface area contributed by atoms with Gasteiger partial charge in [-0.3, -0.25) is 4.79 Å². The van der Waals surface area contributed by atoms with Crippen molar-refractivity contribution >= 4 is 43.5 Å². The highest BCUT2D eigenvalue weighted by Gasteiger charge is 2.30. The fraction of sp³-hybridized carbons (Fsp3) is 0.417. The Labute approximate surface area is 117 Å². The van der Waals surface area contributed by atoms with Crippen molar-refractivity contribution < 1.29 is 9.53 Å². The number of benzene rings is 1. The van der Waals surface area contributed by atoms with Crippen molar-refractivity contribution in [2.75, 3.05) is 23.9 Å². The normalized spacial score (nSPS) is 19.8. The Balaban J connectivity index is 2.28. The molecule has 0 saturated carbocycles. The first kappa shape index (κ1) is 12.9. The van der Waals surface area contributed by atoms with E-state index in [1.807, 2.05) is 23.1 Å². The lowest BCUT2D eigenvalue weighted by atomic mass is 10.2. The second-order valence-corrected chi connectivity index (χ2v) is 5.64. The Hall–Kier alpha value is -0.550. The Morgan fingerprint density at radius 3 is 2.82 bits per heavy atom. The average Bonchev–Trinajstić information content (AvgIpc) is 2.69. The standard InChI is InChI=1S/C12H13Br2NO2/c1-17-11-4-9(14)3-10(5-11)15-7-8(6-13)2-12(15)16/h3-5,8H,2,6-7H2,1H3. The van der Waals surface area contributed by atoms with Crippen LogP contribution in [0.2, 0.25) is 0 Å². The molecule has 1 aromatic rings. The summed E-state index contributed by atoms with van der Waals surface area (Å²) in [5.74, 6) is 1.33. The summed E-state index contributed by atoms with van der Waals surface area (Å²) in [6.07, 6.45) is 0.611. The average molecular weight is 363 g/mol. The molecule has 1 aliphatic heterocycles. The van der Waals surface area contributed by atoms with Gasteiger partial charge in [-0.25, -0.2) is 0 Å². The monoisotopic (exact) mass is 361 g/mol. The molecule has 0 bridgehead atoms. The lowest BCUT2D eigenvalue weighted by Crippen LogP contribution is -2.24. The van der Waals surface area contributed by atoms with Crippen molar-refractivity contribution in [2.24, 2.45) is 5.92 Å². The number of rotatable bonds is 3. The third-order valence-electron chi connectivity index (χ3n) is 2.83. The molecule has 0 radical (unpaired) electrons. The SMILES string of the molecule is COc1cc(Br)cc(N2CC(CBr)CC2=O)c1. The fourth-order valence-corrected chi connectivity index (χ4v) is 2.85. The van der Waals surface area contributed by atoms with Crippen molar-refractivity contribution in [3.8, 4) is 5.75 Å². The van der Waals surface area contributed by atoms with Crippen LogP contribution < -0.4 is 9.64 Å². The van der Waals surface area contributed by atoms with Crippen molar-refractivity contribution in [2.45, 2.75) is 6.42 Å². The van der Waals surface area contributed by atoms with Crippen molar-refractivity contribution in [3.63, 3.8) is 0 Å². The molecule has 5 heteroatoms. The number of hydrogen-bond donors (Lipinski definition) is 0. The molecule has 1 fully saturated rings. The van der Waals surface area contributed by atoms with Crippen LogP contribution in [-0.4, -0.2) is 24.9 Å². The largest absolute Gasteiger partial charge is 0.497 e. The van der Waals surface area contributed by atoms with Gasteiger partial charge in [0, 0.05) is 34.5 Å². The minimum atomic E-state index is 0.176. The minimum Gasteiger partial charge on any atom is -0.497 e. The Morgan fingerprint density at radius 1 is 1.47 bits per heavy atom. The molecule has 1 saturated heterocycles. The van der Waals surface area contributed by atoms with Crippen LogP contribution in [0.4, 0.5) is 5.69 Å². The quantitative estimate of drug-likeness (QED) is 0.772. The molecule has 1 atom stereocenters. The van der Waals surface area contributed by atoms with Gasteiger partial charge in [0.25, 0.3) is 0 Å². The van der Waals surface area contributed by atoms with E-state index in [1.54, 1.807) is 7.11 Å². The molecule has 0 N–H and O–H groups in total. The van der Waals surface area contributed by atoms with Crippen molar-refractivity contribution in [1.82, 2.24) is 0 Å². The number of hydrogen-bond acceptors (Lipinski definition) is 2. The highest BCUT2D eigenvalue weighted by Crippen LogP contribution is 2.31. The van der Waals surface area contributed by atoms with Gasteiger partial charge < -0.3 is 9.64 Å². The summed E-state index contributed by atoms with van der Waals surface area (Å²) in [5, 5.41) is 0.861. The maximum atomic E-state index is 11.9. The van der Waals surface area contributed by atoms with E-state index in [1.165, 1.54) is 0 Å². The number of alkyl halides is 1. The van der Waals surface area contributed by atoms with E-state index < -0.39 is 0 Å². The van der Waals surface area contributed by atoms with Gasteiger partial charge in [-0.15, -0.1) is 0 Å². The topological polar surface area (TPSA) is 29.5 Å². The summed E-state index contributed by atoms with van der Waals surface area (Å²) in [7, 11) is 1.62. The van der Waals surface area contributed by atoms with Crippen molar-refractivity contribution in [1.29, 1.82) is 0 Å². The second kappa shape index (κ2) is 5.40. The summed E-state index contributed by atoms with van der Waals surface area (Å²) < 4.78 is 6.12. The van der Waals surface area contributed by atoms with Gasteiger partial charge in [-0.2, -0.15) is 0 Å². The van der Waals surface area contributed by atoms with Gasteiger partial charge in [0.2, 0.25) is 5.91 Å². The molecule has 1 amide bonds. The fourth-order valence-electron chi connectivity index (χ4n) is 1.96. The summed E-state index contributed by atoms with van der Waals surface area (Å²) in [4.78, 5) is 13.7. The molecule has 0 aromatic heterocycles. The molecule has 17 heavy (non-hydrogen) atoms. The van der Waals surface area contributed by atoms with Gasteiger partial charge in [0.15, 0.2) is 0 Å². The predicted octanol–water partition coefficient (Wildman–Crippen LogP) is 3.21. The summed E-state index contributed by atoms with van der Waals surface area (Å²) in [6.45, 7) is 0.768. The molecular formula is C12H13Br2NO2. The van der Waals surface area contributed by atoms with Crippen LogP contribution in [0, 0.1) is 5.92 Å². The first-order valence-corrected chi connectivity index (χ1v) is 7.26. The first-order valence-electron chi connectivity index (χ1n) is 5.35. The van der Waals surface area contributed by atoms with E-state index in [4.69, 9.17) is 4.74 Å². The van der Waals surface area contributed by atoms with Crippen LogP contribution in [0.15, 0.2) is 22.7 Å². The highest BCUT2D eigenvalue weighted by atomic mass is 79.9. The van der Waals surface area contributed by atoms with Crippen molar-refractivity contribution in [3.05, 3.63) is 22.7 Å². The van der Waals surface area contributed by atoms with Crippen LogP contribution in [0.3, 0.4) is 0 Å². The summed E-state index contributed by atoms with van der Waals surface area (Å²) in [6, 6.07) is 5.71. The molecule has 92 valence electrons. The number of carbonyl (C=O) groups is 1. The van der Waals surface area contributed by atoms with E-state index in [-0.39, 0.29) is 5.91 Å². The molecule has 1 unspecified atom stereocenters.